The van der Waals surface area contributed by atoms with Crippen molar-refractivity contribution in [3.05, 3.63) is 30.3 Å². The van der Waals surface area contributed by atoms with E-state index in [0.29, 0.717) is 11.1 Å². The van der Waals surface area contributed by atoms with Crippen molar-refractivity contribution in [3.63, 3.8) is 0 Å². The van der Waals surface area contributed by atoms with Gasteiger partial charge in [-0.05, 0) is 32.4 Å². The lowest BCUT2D eigenvalue weighted by atomic mass is 10.3. The summed E-state index contributed by atoms with van der Waals surface area (Å²) < 4.78 is 1.86. The normalized spacial score (nSPS) is 18.4. The summed E-state index contributed by atoms with van der Waals surface area (Å²) in [6, 6.07) is 9.92. The van der Waals surface area contributed by atoms with Gasteiger partial charge in [-0.15, -0.1) is 10.2 Å². The van der Waals surface area contributed by atoms with E-state index in [2.05, 4.69) is 10.2 Å². The number of nitrogen functional groups attached to an aromatic ring is 1. The zero-order valence-electron chi connectivity index (χ0n) is 12.6. The minimum Gasteiger partial charge on any atom is -0.368 e. The fourth-order valence-corrected chi connectivity index (χ4v) is 3.82. The standard InChI is InChI=1S/C15H19N5OS/c1-10(2)20-14(16)17-18-15(20)22-12-8-9-19(13(12)21)11-6-4-3-5-7-11/h3-7,10,12H,8-9H2,1-2H3,(H2,16,17)/t12-/m1/s1. The van der Waals surface area contributed by atoms with E-state index in [1.165, 1.54) is 11.8 Å². The Morgan fingerprint density at radius 3 is 2.68 bits per heavy atom. The predicted octanol–water partition coefficient (Wildman–Crippen LogP) is 2.34. The molecule has 2 heterocycles. The summed E-state index contributed by atoms with van der Waals surface area (Å²) in [6.07, 6.45) is 0.795. The van der Waals surface area contributed by atoms with Gasteiger partial charge in [-0.25, -0.2) is 0 Å². The molecule has 1 saturated heterocycles. The molecule has 0 bridgehead atoms. The zero-order valence-corrected chi connectivity index (χ0v) is 13.5. The maximum absolute atomic E-state index is 12.6. The number of nitrogens with zero attached hydrogens (tertiary/aromatic N) is 4. The SMILES string of the molecule is CC(C)n1c(N)nnc1S[C@@H]1CCN(c2ccccc2)C1=O. The average molecular weight is 317 g/mol. The second-order valence-electron chi connectivity index (χ2n) is 5.53. The highest BCUT2D eigenvalue weighted by Gasteiger charge is 2.34. The molecule has 0 aliphatic carbocycles. The summed E-state index contributed by atoms with van der Waals surface area (Å²) in [4.78, 5) is 14.4. The molecule has 2 aromatic rings. The predicted molar refractivity (Wildman–Crippen MR) is 87.9 cm³/mol. The third-order valence-electron chi connectivity index (χ3n) is 3.68. The summed E-state index contributed by atoms with van der Waals surface area (Å²) in [5.74, 6) is 0.510. The molecule has 1 aliphatic heterocycles. The van der Waals surface area contributed by atoms with Gasteiger partial charge in [-0.3, -0.25) is 9.36 Å². The molecule has 1 aromatic carbocycles. The molecule has 1 fully saturated rings. The first-order valence-corrected chi connectivity index (χ1v) is 8.19. The molecule has 0 radical (unpaired) electrons. The third kappa shape index (κ3) is 2.68. The Hall–Kier alpha value is -2.02. The maximum Gasteiger partial charge on any atom is 0.240 e. The molecule has 7 heteroatoms. The highest BCUT2D eigenvalue weighted by Crippen LogP contribution is 2.33. The van der Waals surface area contributed by atoms with Crippen molar-refractivity contribution in [3.8, 4) is 0 Å². The molecule has 1 aliphatic rings. The Bertz CT molecular complexity index is 670. The van der Waals surface area contributed by atoms with Crippen LogP contribution in [-0.4, -0.2) is 32.5 Å². The van der Waals surface area contributed by atoms with Crippen LogP contribution in [0.4, 0.5) is 11.6 Å². The van der Waals surface area contributed by atoms with Crippen LogP contribution in [-0.2, 0) is 4.79 Å². The quantitative estimate of drug-likeness (QED) is 0.936. The van der Waals surface area contributed by atoms with Crippen molar-refractivity contribution in [1.29, 1.82) is 0 Å². The number of benzene rings is 1. The summed E-state index contributed by atoms with van der Waals surface area (Å²) in [5.41, 5.74) is 6.80. The van der Waals surface area contributed by atoms with Gasteiger partial charge in [-0.2, -0.15) is 0 Å². The van der Waals surface area contributed by atoms with Gasteiger partial charge >= 0.3 is 0 Å². The van der Waals surface area contributed by atoms with E-state index < -0.39 is 0 Å². The van der Waals surface area contributed by atoms with Crippen LogP contribution in [0.3, 0.4) is 0 Å². The highest BCUT2D eigenvalue weighted by atomic mass is 32.2. The lowest BCUT2D eigenvalue weighted by Gasteiger charge is -2.17. The number of rotatable bonds is 4. The van der Waals surface area contributed by atoms with Crippen molar-refractivity contribution in [2.75, 3.05) is 17.2 Å². The fraction of sp³-hybridized carbons (Fsp3) is 0.400. The summed E-state index contributed by atoms with van der Waals surface area (Å²) in [7, 11) is 0. The minimum absolute atomic E-state index is 0.119. The van der Waals surface area contributed by atoms with Gasteiger partial charge in [0, 0.05) is 18.3 Å². The summed E-state index contributed by atoms with van der Waals surface area (Å²) in [6.45, 7) is 4.78. The lowest BCUT2D eigenvalue weighted by Crippen LogP contribution is -2.28. The van der Waals surface area contributed by atoms with E-state index in [1.54, 1.807) is 0 Å². The van der Waals surface area contributed by atoms with Crippen molar-refractivity contribution in [2.45, 2.75) is 36.7 Å². The molecule has 6 nitrogen and oxygen atoms in total. The summed E-state index contributed by atoms with van der Waals surface area (Å²) >= 11 is 1.45. The molecule has 0 spiro atoms. The van der Waals surface area contributed by atoms with Crippen molar-refractivity contribution >= 4 is 29.3 Å². The van der Waals surface area contributed by atoms with Crippen LogP contribution >= 0.6 is 11.8 Å². The van der Waals surface area contributed by atoms with E-state index in [4.69, 9.17) is 5.73 Å². The van der Waals surface area contributed by atoms with Crippen LogP contribution in [0.5, 0.6) is 0 Å². The van der Waals surface area contributed by atoms with E-state index in [9.17, 15) is 4.79 Å². The second kappa shape index (κ2) is 6.00. The van der Waals surface area contributed by atoms with Crippen molar-refractivity contribution < 1.29 is 4.79 Å². The first kappa shape index (κ1) is 14.9. The van der Waals surface area contributed by atoms with Crippen molar-refractivity contribution in [2.24, 2.45) is 0 Å². The largest absolute Gasteiger partial charge is 0.368 e. The highest BCUT2D eigenvalue weighted by molar-refractivity contribution is 8.00. The number of carbonyl (C=O) groups is 1. The molecule has 3 rings (SSSR count). The number of amides is 1. The molecule has 116 valence electrons. The van der Waals surface area contributed by atoms with E-state index in [0.717, 1.165) is 18.7 Å². The number of carbonyl (C=O) groups excluding carboxylic acids is 1. The van der Waals surface area contributed by atoms with Crippen LogP contribution < -0.4 is 10.6 Å². The summed E-state index contributed by atoms with van der Waals surface area (Å²) in [5, 5.41) is 8.61. The number of hydrogen-bond donors (Lipinski definition) is 1. The molecule has 22 heavy (non-hydrogen) atoms. The second-order valence-corrected chi connectivity index (χ2v) is 6.70. The zero-order chi connectivity index (χ0) is 15.7. The van der Waals surface area contributed by atoms with Gasteiger partial charge in [0.1, 0.15) is 0 Å². The molecule has 1 amide bonds. The number of nitrogens with two attached hydrogens (primary N) is 1. The lowest BCUT2D eigenvalue weighted by molar-refractivity contribution is -0.116. The smallest absolute Gasteiger partial charge is 0.240 e. The van der Waals surface area contributed by atoms with Crippen LogP contribution in [0, 0.1) is 0 Å². The van der Waals surface area contributed by atoms with Crippen LogP contribution in [0.1, 0.15) is 26.3 Å². The van der Waals surface area contributed by atoms with Gasteiger partial charge in [0.05, 0.1) is 5.25 Å². The molecule has 2 N–H and O–H groups in total. The molecule has 0 unspecified atom stereocenters. The minimum atomic E-state index is -0.138. The van der Waals surface area contributed by atoms with E-state index in [-0.39, 0.29) is 17.2 Å². The van der Waals surface area contributed by atoms with Crippen LogP contribution in [0.2, 0.25) is 0 Å². The van der Waals surface area contributed by atoms with E-state index in [1.807, 2.05) is 53.6 Å². The number of hydrogen-bond acceptors (Lipinski definition) is 5. The van der Waals surface area contributed by atoms with Gasteiger partial charge in [0.25, 0.3) is 0 Å². The monoisotopic (exact) mass is 317 g/mol. The number of thioether (sulfide) groups is 1. The number of para-hydroxylation sites is 1. The first-order chi connectivity index (χ1) is 10.6. The Morgan fingerprint density at radius 1 is 1.27 bits per heavy atom. The number of aromatic nitrogens is 3. The van der Waals surface area contributed by atoms with Crippen molar-refractivity contribution in [1.82, 2.24) is 14.8 Å². The third-order valence-corrected chi connectivity index (χ3v) is 4.89. The van der Waals surface area contributed by atoms with Gasteiger partial charge < -0.3 is 10.6 Å². The topological polar surface area (TPSA) is 77.0 Å². The Balaban J connectivity index is 1.77. The van der Waals surface area contributed by atoms with E-state index >= 15 is 0 Å². The molecule has 1 atom stereocenters. The van der Waals surface area contributed by atoms with Crippen LogP contribution in [0.25, 0.3) is 0 Å². The number of anilines is 2. The molecule has 0 saturated carbocycles. The fourth-order valence-electron chi connectivity index (χ4n) is 2.61. The Labute approximate surface area is 133 Å². The average Bonchev–Trinajstić information content (AvgIpc) is 3.04. The van der Waals surface area contributed by atoms with Crippen LogP contribution in [0.15, 0.2) is 35.5 Å². The first-order valence-electron chi connectivity index (χ1n) is 7.31. The van der Waals surface area contributed by atoms with Gasteiger partial charge in [0.2, 0.25) is 11.9 Å². The maximum atomic E-state index is 12.6. The van der Waals surface area contributed by atoms with Gasteiger partial charge in [-0.1, -0.05) is 30.0 Å². The Morgan fingerprint density at radius 2 is 2.00 bits per heavy atom. The Kier molecular flexibility index (Phi) is 4.06. The molecular weight excluding hydrogens is 298 g/mol. The molecule has 1 aromatic heterocycles. The molecular formula is C15H19N5OS. The van der Waals surface area contributed by atoms with Gasteiger partial charge in [0.15, 0.2) is 5.16 Å².